The van der Waals surface area contributed by atoms with E-state index in [9.17, 15) is 4.79 Å². The number of benzene rings is 1. The van der Waals surface area contributed by atoms with E-state index in [4.69, 9.17) is 21.7 Å². The molecule has 28 heavy (non-hydrogen) atoms. The number of fused-ring (bicyclic) bond motifs is 1. The Morgan fingerprint density at radius 2 is 1.89 bits per heavy atom. The molecule has 0 spiro atoms. The summed E-state index contributed by atoms with van der Waals surface area (Å²) in [5, 5.41) is 7.69. The summed E-state index contributed by atoms with van der Waals surface area (Å²) >= 11 is 7.10. The number of esters is 1. The largest absolute Gasteiger partial charge is 0.496 e. The highest BCUT2D eigenvalue weighted by atomic mass is 32.1. The summed E-state index contributed by atoms with van der Waals surface area (Å²) in [4.78, 5) is 13.7. The van der Waals surface area contributed by atoms with Gasteiger partial charge in [-0.2, -0.15) is 0 Å². The van der Waals surface area contributed by atoms with E-state index in [1.165, 1.54) is 24.8 Å². The van der Waals surface area contributed by atoms with Gasteiger partial charge in [-0.1, -0.05) is 31.0 Å². The third-order valence-corrected chi connectivity index (χ3v) is 6.37. The van der Waals surface area contributed by atoms with Crippen molar-refractivity contribution < 1.29 is 14.3 Å². The van der Waals surface area contributed by atoms with Crippen LogP contribution in [0.15, 0.2) is 24.3 Å². The molecule has 0 radical (unpaired) electrons. The van der Waals surface area contributed by atoms with Gasteiger partial charge in [-0.15, -0.1) is 11.3 Å². The fourth-order valence-electron chi connectivity index (χ4n) is 3.50. The van der Waals surface area contributed by atoms with Gasteiger partial charge in [0.15, 0.2) is 5.11 Å². The van der Waals surface area contributed by atoms with E-state index in [1.807, 2.05) is 24.3 Å². The maximum absolute atomic E-state index is 12.5. The summed E-state index contributed by atoms with van der Waals surface area (Å²) in [6, 6.07) is 7.81. The molecule has 1 aliphatic carbocycles. The third-order valence-electron chi connectivity index (χ3n) is 4.92. The average molecular weight is 419 g/mol. The lowest BCUT2D eigenvalue weighted by molar-refractivity contribution is 0.0601. The second-order valence-corrected chi connectivity index (χ2v) is 8.25. The Kier molecular flexibility index (Phi) is 7.28. The van der Waals surface area contributed by atoms with Gasteiger partial charge in [0.05, 0.1) is 19.8 Å². The number of carbonyl (C=O) groups is 1. The monoisotopic (exact) mass is 418 g/mol. The van der Waals surface area contributed by atoms with Gasteiger partial charge < -0.3 is 20.1 Å². The summed E-state index contributed by atoms with van der Waals surface area (Å²) in [6.45, 7) is 0.536. The second-order valence-electron chi connectivity index (χ2n) is 6.73. The molecule has 2 aromatic rings. The minimum absolute atomic E-state index is 0.298. The van der Waals surface area contributed by atoms with E-state index < -0.39 is 0 Å². The van der Waals surface area contributed by atoms with Crippen molar-refractivity contribution in [2.45, 2.75) is 45.1 Å². The van der Waals surface area contributed by atoms with Crippen LogP contribution in [0.5, 0.6) is 5.75 Å². The summed E-state index contributed by atoms with van der Waals surface area (Å²) in [5.74, 6) is 0.514. The van der Waals surface area contributed by atoms with Gasteiger partial charge >= 0.3 is 5.97 Å². The highest BCUT2D eigenvalue weighted by Crippen LogP contribution is 2.37. The molecular weight excluding hydrogens is 392 g/mol. The zero-order valence-electron chi connectivity index (χ0n) is 16.3. The van der Waals surface area contributed by atoms with Gasteiger partial charge in [0.25, 0.3) is 0 Å². The number of anilines is 1. The molecule has 0 bridgehead atoms. The molecule has 0 amide bonds. The van der Waals surface area contributed by atoms with Crippen LogP contribution < -0.4 is 15.4 Å². The Hall–Kier alpha value is -2.12. The molecule has 3 rings (SSSR count). The lowest BCUT2D eigenvalue weighted by Crippen LogP contribution is -2.28. The first-order chi connectivity index (χ1) is 13.6. The van der Waals surface area contributed by atoms with Crippen molar-refractivity contribution in [3.05, 3.63) is 45.8 Å². The predicted molar refractivity (Wildman–Crippen MR) is 118 cm³/mol. The number of rotatable bonds is 5. The molecule has 0 aliphatic heterocycles. The van der Waals surface area contributed by atoms with Crippen LogP contribution in [0, 0.1) is 0 Å². The van der Waals surface area contributed by atoms with Crippen molar-refractivity contribution in [3.63, 3.8) is 0 Å². The minimum Gasteiger partial charge on any atom is -0.496 e. The Balaban J connectivity index is 1.76. The van der Waals surface area contributed by atoms with Crippen LogP contribution in [-0.2, 0) is 24.1 Å². The molecule has 150 valence electrons. The van der Waals surface area contributed by atoms with E-state index in [2.05, 4.69) is 10.6 Å². The normalized spacial score (nSPS) is 13.6. The first-order valence-electron chi connectivity index (χ1n) is 9.53. The van der Waals surface area contributed by atoms with Crippen molar-refractivity contribution in [2.75, 3.05) is 19.5 Å². The third kappa shape index (κ3) is 4.83. The van der Waals surface area contributed by atoms with E-state index >= 15 is 0 Å². The number of hydrogen-bond acceptors (Lipinski definition) is 5. The Bertz CT molecular complexity index is 848. The standard InChI is InChI=1S/C21H26N2O3S2/c1-25-16-11-8-7-9-14(16)13-22-21(27)23-19-18(20(24)26-2)15-10-5-3-4-6-12-17(15)28-19/h7-9,11H,3-6,10,12-13H2,1-2H3,(H2,22,23,27). The predicted octanol–water partition coefficient (Wildman–Crippen LogP) is 4.69. The van der Waals surface area contributed by atoms with Gasteiger partial charge in [0.2, 0.25) is 0 Å². The summed E-state index contributed by atoms with van der Waals surface area (Å²) < 4.78 is 10.4. The lowest BCUT2D eigenvalue weighted by Gasteiger charge is -2.13. The van der Waals surface area contributed by atoms with Crippen LogP contribution in [0.4, 0.5) is 5.00 Å². The second kappa shape index (κ2) is 9.89. The number of carbonyl (C=O) groups excluding carboxylic acids is 1. The van der Waals surface area contributed by atoms with Crippen molar-refractivity contribution in [1.82, 2.24) is 5.32 Å². The fourth-order valence-corrected chi connectivity index (χ4v) is 5.02. The molecule has 0 fully saturated rings. The number of aryl methyl sites for hydroxylation is 1. The topological polar surface area (TPSA) is 59.6 Å². The van der Waals surface area contributed by atoms with Crippen LogP contribution in [0.1, 0.15) is 52.0 Å². The maximum Gasteiger partial charge on any atom is 0.341 e. The van der Waals surface area contributed by atoms with Crippen molar-refractivity contribution >= 4 is 39.6 Å². The molecule has 1 aromatic heterocycles. The molecule has 1 heterocycles. The number of hydrogen-bond donors (Lipinski definition) is 2. The highest BCUT2D eigenvalue weighted by Gasteiger charge is 2.25. The minimum atomic E-state index is -0.298. The molecule has 0 saturated carbocycles. The van der Waals surface area contributed by atoms with Gasteiger partial charge in [-0.25, -0.2) is 4.79 Å². The number of thiophene rings is 1. The van der Waals surface area contributed by atoms with Gasteiger partial charge in [0.1, 0.15) is 10.8 Å². The maximum atomic E-state index is 12.5. The van der Waals surface area contributed by atoms with Gasteiger partial charge in [-0.05, 0) is 49.5 Å². The van der Waals surface area contributed by atoms with E-state index in [0.29, 0.717) is 17.2 Å². The Morgan fingerprint density at radius 1 is 1.14 bits per heavy atom. The average Bonchev–Trinajstić information content (AvgIpc) is 3.01. The van der Waals surface area contributed by atoms with Crippen molar-refractivity contribution in [1.29, 1.82) is 0 Å². The molecule has 2 N–H and O–H groups in total. The molecule has 1 aliphatic rings. The van der Waals surface area contributed by atoms with Crippen molar-refractivity contribution in [3.8, 4) is 5.75 Å². The van der Waals surface area contributed by atoms with Gasteiger partial charge in [-0.3, -0.25) is 0 Å². The van der Waals surface area contributed by atoms with E-state index in [0.717, 1.165) is 47.6 Å². The first-order valence-corrected chi connectivity index (χ1v) is 10.8. The molecule has 0 unspecified atom stereocenters. The molecule has 0 saturated heterocycles. The number of para-hydroxylation sites is 1. The van der Waals surface area contributed by atoms with Crippen LogP contribution in [-0.4, -0.2) is 25.3 Å². The smallest absolute Gasteiger partial charge is 0.341 e. The molecule has 5 nitrogen and oxygen atoms in total. The van der Waals surface area contributed by atoms with E-state index in [1.54, 1.807) is 18.4 Å². The lowest BCUT2D eigenvalue weighted by atomic mass is 9.96. The zero-order valence-corrected chi connectivity index (χ0v) is 17.9. The zero-order chi connectivity index (χ0) is 19.9. The van der Waals surface area contributed by atoms with Crippen LogP contribution >= 0.6 is 23.6 Å². The summed E-state index contributed by atoms with van der Waals surface area (Å²) in [6.07, 6.45) is 6.63. The molecular formula is C21H26N2O3S2. The first kappa shape index (κ1) is 20.6. The Morgan fingerprint density at radius 3 is 2.64 bits per heavy atom. The van der Waals surface area contributed by atoms with Crippen LogP contribution in [0.25, 0.3) is 0 Å². The van der Waals surface area contributed by atoms with Gasteiger partial charge in [0, 0.05) is 17.0 Å². The van der Waals surface area contributed by atoms with Crippen LogP contribution in [0.3, 0.4) is 0 Å². The number of nitrogens with one attached hydrogen (secondary N) is 2. The fraction of sp³-hybridized carbons (Fsp3) is 0.429. The quantitative estimate of drug-likeness (QED) is 0.543. The molecule has 0 atom stereocenters. The summed E-state index contributed by atoms with van der Waals surface area (Å²) in [5.41, 5.74) is 2.79. The molecule has 1 aromatic carbocycles. The SMILES string of the molecule is COC(=O)c1c(NC(=S)NCc2ccccc2OC)sc2c1CCCCCC2. The van der Waals surface area contributed by atoms with Crippen LogP contribution in [0.2, 0.25) is 0 Å². The molecule has 7 heteroatoms. The summed E-state index contributed by atoms with van der Waals surface area (Å²) in [7, 11) is 3.08. The number of methoxy groups -OCH3 is 2. The number of thiocarbonyl (C=S) groups is 1. The Labute approximate surface area is 175 Å². The highest BCUT2D eigenvalue weighted by molar-refractivity contribution is 7.80. The van der Waals surface area contributed by atoms with Crippen molar-refractivity contribution in [2.24, 2.45) is 0 Å². The number of ether oxygens (including phenoxy) is 2. The van der Waals surface area contributed by atoms with E-state index in [-0.39, 0.29) is 5.97 Å².